The van der Waals surface area contributed by atoms with E-state index in [1.165, 1.54) is 10.8 Å². The Bertz CT molecular complexity index is 127. The third-order valence-electron chi connectivity index (χ3n) is 0.799. The first kappa shape index (κ1) is 9.91. The van der Waals surface area contributed by atoms with Gasteiger partial charge in [-0.3, -0.25) is 4.79 Å². The number of carbonyl (C=O) groups excluding carboxylic acids is 1. The lowest BCUT2D eigenvalue weighted by molar-refractivity contribution is -0.117. The van der Waals surface area contributed by atoms with Crippen molar-refractivity contribution in [1.82, 2.24) is 0 Å². The molecule has 2 N–H and O–H groups in total. The normalized spacial score (nSPS) is 12.5. The Kier molecular flexibility index (Phi) is 5.63. The molecule has 0 fully saturated rings. The van der Waals surface area contributed by atoms with Crippen LogP contribution in [-0.4, -0.2) is 16.9 Å². The Hall–Kier alpha value is -0.0900. The highest BCUT2D eigenvalue weighted by Gasteiger charge is 2.07. The maximum Gasteiger partial charge on any atom is 0.231 e. The van der Waals surface area contributed by atoms with Gasteiger partial charge >= 0.3 is 0 Å². The summed E-state index contributed by atoms with van der Waals surface area (Å²) >= 11 is 0. The maximum absolute atomic E-state index is 10.5. The number of nitrogens with two attached hydrogens (primary N) is 1. The molecule has 0 aromatic rings. The van der Waals surface area contributed by atoms with E-state index in [0.717, 1.165) is 5.75 Å². The van der Waals surface area contributed by atoms with Gasteiger partial charge in [-0.1, -0.05) is 27.7 Å². The average Bonchev–Trinajstić information content (AvgIpc) is 1.88. The first-order valence-corrected chi connectivity index (χ1v) is 5.25. The molecule has 0 aromatic carbocycles. The number of hydrogen-bond acceptors (Lipinski definition) is 3. The van der Waals surface area contributed by atoms with Gasteiger partial charge in [-0.05, 0) is 6.92 Å². The number of rotatable bonds is 5. The number of primary amides is 1. The van der Waals surface area contributed by atoms with Gasteiger partial charge in [-0.2, -0.15) is 0 Å². The van der Waals surface area contributed by atoms with E-state index in [-0.39, 0.29) is 11.2 Å². The highest BCUT2D eigenvalue weighted by atomic mass is 33.1. The van der Waals surface area contributed by atoms with Gasteiger partial charge in [-0.15, -0.1) is 6.58 Å². The van der Waals surface area contributed by atoms with E-state index in [2.05, 4.69) is 6.58 Å². The van der Waals surface area contributed by atoms with Crippen molar-refractivity contribution in [2.24, 2.45) is 5.73 Å². The van der Waals surface area contributed by atoms with E-state index in [0.29, 0.717) is 0 Å². The summed E-state index contributed by atoms with van der Waals surface area (Å²) in [6.07, 6.45) is 1.80. The Morgan fingerprint density at radius 3 is 2.90 bits per heavy atom. The van der Waals surface area contributed by atoms with E-state index in [1.807, 2.05) is 0 Å². The summed E-state index contributed by atoms with van der Waals surface area (Å²) in [5.41, 5.74) is 5.02. The van der Waals surface area contributed by atoms with Gasteiger partial charge in [0.15, 0.2) is 0 Å². The van der Waals surface area contributed by atoms with Crippen molar-refractivity contribution < 1.29 is 4.79 Å². The molecule has 1 atom stereocenters. The molecule has 0 radical (unpaired) electrons. The molecule has 0 aliphatic heterocycles. The van der Waals surface area contributed by atoms with E-state index < -0.39 is 0 Å². The number of carbonyl (C=O) groups is 1. The van der Waals surface area contributed by atoms with Crippen molar-refractivity contribution in [3.8, 4) is 0 Å². The standard InChI is InChI=1S/C6H11NOS2/c1-3-4-9-10-5(2)6(7)8/h3,5H,1,4H2,2H3,(H2,7,8). The highest BCUT2D eigenvalue weighted by Crippen LogP contribution is 2.25. The van der Waals surface area contributed by atoms with E-state index in [4.69, 9.17) is 5.73 Å². The van der Waals surface area contributed by atoms with Gasteiger partial charge in [0.2, 0.25) is 5.91 Å². The van der Waals surface area contributed by atoms with E-state index in [1.54, 1.807) is 23.8 Å². The van der Waals surface area contributed by atoms with E-state index >= 15 is 0 Å². The van der Waals surface area contributed by atoms with Crippen LogP contribution in [0.5, 0.6) is 0 Å². The van der Waals surface area contributed by atoms with Crippen LogP contribution in [-0.2, 0) is 4.79 Å². The van der Waals surface area contributed by atoms with Crippen LogP contribution < -0.4 is 5.73 Å². The van der Waals surface area contributed by atoms with Crippen molar-refractivity contribution >= 4 is 27.5 Å². The second-order valence-electron chi connectivity index (χ2n) is 1.71. The third-order valence-corrected chi connectivity index (χ3v) is 3.51. The molecule has 0 aliphatic rings. The SMILES string of the molecule is C=CCSSC(C)C(N)=O. The fourth-order valence-electron chi connectivity index (χ4n) is 0.237. The molecule has 0 spiro atoms. The van der Waals surface area contributed by atoms with Gasteiger partial charge in [0.25, 0.3) is 0 Å². The second-order valence-corrected chi connectivity index (χ2v) is 4.47. The average molecular weight is 177 g/mol. The minimum atomic E-state index is -0.262. The molecule has 10 heavy (non-hydrogen) atoms. The molecule has 0 rings (SSSR count). The smallest absolute Gasteiger partial charge is 0.231 e. The summed E-state index contributed by atoms with van der Waals surface area (Å²) in [6.45, 7) is 5.35. The Labute approximate surface area is 69.0 Å². The summed E-state index contributed by atoms with van der Waals surface area (Å²) < 4.78 is 0. The minimum absolute atomic E-state index is 0.107. The van der Waals surface area contributed by atoms with Crippen molar-refractivity contribution in [3.63, 3.8) is 0 Å². The maximum atomic E-state index is 10.5. The molecule has 0 aromatic heterocycles. The lowest BCUT2D eigenvalue weighted by Crippen LogP contribution is -2.21. The molecule has 4 heteroatoms. The Morgan fingerprint density at radius 2 is 2.50 bits per heavy atom. The molecule has 0 saturated carbocycles. The minimum Gasteiger partial charge on any atom is -0.369 e. The molecule has 0 bridgehead atoms. The monoisotopic (exact) mass is 177 g/mol. The lowest BCUT2D eigenvalue weighted by atomic mass is 10.5. The van der Waals surface area contributed by atoms with Crippen LogP contribution in [0.4, 0.5) is 0 Å². The van der Waals surface area contributed by atoms with Gasteiger partial charge in [0.05, 0.1) is 5.25 Å². The van der Waals surface area contributed by atoms with Gasteiger partial charge in [0, 0.05) is 5.75 Å². The predicted octanol–water partition coefficient (Wildman–Crippen LogP) is 1.43. The fourth-order valence-corrected chi connectivity index (χ4v) is 2.13. The topological polar surface area (TPSA) is 43.1 Å². The zero-order chi connectivity index (χ0) is 7.98. The Morgan fingerprint density at radius 1 is 1.90 bits per heavy atom. The van der Waals surface area contributed by atoms with Crippen LogP contribution in [0.2, 0.25) is 0 Å². The van der Waals surface area contributed by atoms with Crippen LogP contribution in [0.25, 0.3) is 0 Å². The van der Waals surface area contributed by atoms with Crippen molar-refractivity contribution in [1.29, 1.82) is 0 Å². The van der Waals surface area contributed by atoms with Crippen molar-refractivity contribution in [3.05, 3.63) is 12.7 Å². The lowest BCUT2D eigenvalue weighted by Gasteiger charge is -2.02. The summed E-state index contributed by atoms with van der Waals surface area (Å²) in [5, 5.41) is -0.107. The quantitative estimate of drug-likeness (QED) is 0.392. The Balaban J connectivity index is 3.30. The third kappa shape index (κ3) is 4.76. The molecule has 1 unspecified atom stereocenters. The van der Waals surface area contributed by atoms with Gasteiger partial charge in [-0.25, -0.2) is 0 Å². The van der Waals surface area contributed by atoms with Crippen LogP contribution in [0, 0.1) is 0 Å². The van der Waals surface area contributed by atoms with Crippen LogP contribution >= 0.6 is 21.6 Å². The first-order chi connectivity index (χ1) is 4.68. The summed E-state index contributed by atoms with van der Waals surface area (Å²) in [5.74, 6) is 0.587. The van der Waals surface area contributed by atoms with Crippen LogP contribution in [0.3, 0.4) is 0 Å². The molecule has 1 amide bonds. The van der Waals surface area contributed by atoms with E-state index in [9.17, 15) is 4.79 Å². The van der Waals surface area contributed by atoms with Crippen molar-refractivity contribution in [2.45, 2.75) is 12.2 Å². The predicted molar refractivity (Wildman–Crippen MR) is 48.9 cm³/mol. The van der Waals surface area contributed by atoms with Crippen molar-refractivity contribution in [2.75, 3.05) is 5.75 Å². The first-order valence-electron chi connectivity index (χ1n) is 2.87. The zero-order valence-electron chi connectivity index (χ0n) is 5.87. The summed E-state index contributed by atoms with van der Waals surface area (Å²) in [6, 6.07) is 0. The highest BCUT2D eigenvalue weighted by molar-refractivity contribution is 8.77. The van der Waals surface area contributed by atoms with Gasteiger partial charge < -0.3 is 5.73 Å². The zero-order valence-corrected chi connectivity index (χ0v) is 7.50. The summed E-state index contributed by atoms with van der Waals surface area (Å²) in [7, 11) is 3.07. The molecule has 2 nitrogen and oxygen atoms in total. The fraction of sp³-hybridized carbons (Fsp3) is 0.500. The van der Waals surface area contributed by atoms with Crippen LogP contribution in [0.1, 0.15) is 6.92 Å². The second kappa shape index (κ2) is 5.68. The summed E-state index contributed by atoms with van der Waals surface area (Å²) in [4.78, 5) is 10.5. The molecule has 0 heterocycles. The largest absolute Gasteiger partial charge is 0.369 e. The molecule has 0 saturated heterocycles. The number of hydrogen-bond donors (Lipinski definition) is 1. The molecular weight excluding hydrogens is 166 g/mol. The van der Waals surface area contributed by atoms with Gasteiger partial charge in [0.1, 0.15) is 0 Å². The molecular formula is C6H11NOS2. The van der Waals surface area contributed by atoms with Crippen LogP contribution in [0.15, 0.2) is 12.7 Å². The number of amides is 1. The molecule has 0 aliphatic carbocycles. The molecule has 58 valence electrons.